The third-order valence-corrected chi connectivity index (χ3v) is 3.82. The van der Waals surface area contributed by atoms with Crippen LogP contribution in [0.1, 0.15) is 26.2 Å². The van der Waals surface area contributed by atoms with Gasteiger partial charge in [-0.3, -0.25) is 4.79 Å². The molecule has 0 aromatic heterocycles. The van der Waals surface area contributed by atoms with Crippen LogP contribution in [0, 0.1) is 5.92 Å². The van der Waals surface area contributed by atoms with Crippen molar-refractivity contribution in [3.8, 4) is 0 Å². The van der Waals surface area contributed by atoms with Crippen LogP contribution in [0.3, 0.4) is 0 Å². The smallest absolute Gasteiger partial charge is 0.242 e. The molecule has 2 rings (SSSR count). The van der Waals surface area contributed by atoms with E-state index < -0.39 is 0 Å². The van der Waals surface area contributed by atoms with Gasteiger partial charge in [-0.15, -0.1) is 0 Å². The van der Waals surface area contributed by atoms with Gasteiger partial charge in [0.1, 0.15) is 0 Å². The minimum Gasteiger partial charge on any atom is -0.384 e. The second-order valence-electron chi connectivity index (χ2n) is 5.22. The number of amides is 1. The van der Waals surface area contributed by atoms with Crippen molar-refractivity contribution in [2.45, 2.75) is 31.7 Å². The quantitative estimate of drug-likeness (QED) is 0.767. The van der Waals surface area contributed by atoms with Crippen LogP contribution in [-0.4, -0.2) is 49.7 Å². The average molecular weight is 226 g/mol. The highest BCUT2D eigenvalue weighted by Crippen LogP contribution is 2.25. The summed E-state index contributed by atoms with van der Waals surface area (Å²) in [7, 11) is 1.73. The standard InChI is InChI=1S/C12H22N2O2/c1-12(5-3-6-13-12)11(15)14-7-4-10(8-14)9-16-2/h10,13H,3-9H2,1-2H3. The lowest BCUT2D eigenvalue weighted by Crippen LogP contribution is -2.52. The maximum Gasteiger partial charge on any atom is 0.242 e. The fourth-order valence-corrected chi connectivity index (χ4v) is 2.81. The summed E-state index contributed by atoms with van der Waals surface area (Å²) in [6.45, 7) is 5.53. The van der Waals surface area contributed by atoms with Gasteiger partial charge in [-0.1, -0.05) is 0 Å². The molecule has 0 aromatic rings. The predicted molar refractivity (Wildman–Crippen MR) is 62.2 cm³/mol. The second kappa shape index (κ2) is 4.72. The first-order chi connectivity index (χ1) is 7.65. The van der Waals surface area contributed by atoms with E-state index in [1.165, 1.54) is 0 Å². The summed E-state index contributed by atoms with van der Waals surface area (Å²) in [5.74, 6) is 0.808. The molecule has 0 saturated carbocycles. The highest BCUT2D eigenvalue weighted by atomic mass is 16.5. The van der Waals surface area contributed by atoms with E-state index in [0.717, 1.165) is 45.5 Å². The van der Waals surface area contributed by atoms with Gasteiger partial charge in [-0.2, -0.15) is 0 Å². The summed E-state index contributed by atoms with van der Waals surface area (Å²) < 4.78 is 5.15. The molecule has 0 radical (unpaired) electrons. The van der Waals surface area contributed by atoms with Crippen LogP contribution in [0.2, 0.25) is 0 Å². The highest BCUT2D eigenvalue weighted by molar-refractivity contribution is 5.86. The average Bonchev–Trinajstić information content (AvgIpc) is 2.88. The summed E-state index contributed by atoms with van der Waals surface area (Å²) in [6.07, 6.45) is 3.16. The van der Waals surface area contributed by atoms with Crippen molar-refractivity contribution < 1.29 is 9.53 Å². The van der Waals surface area contributed by atoms with Crippen LogP contribution >= 0.6 is 0 Å². The molecule has 4 nitrogen and oxygen atoms in total. The Kier molecular flexibility index (Phi) is 3.50. The SMILES string of the molecule is COCC1CCN(C(=O)C2(C)CCCN2)C1. The zero-order valence-corrected chi connectivity index (χ0v) is 10.3. The van der Waals surface area contributed by atoms with Gasteiger partial charge in [-0.25, -0.2) is 0 Å². The zero-order valence-electron chi connectivity index (χ0n) is 10.3. The molecule has 2 heterocycles. The van der Waals surface area contributed by atoms with Gasteiger partial charge in [0.2, 0.25) is 5.91 Å². The zero-order chi connectivity index (χ0) is 11.6. The largest absolute Gasteiger partial charge is 0.384 e. The number of carbonyl (C=O) groups excluding carboxylic acids is 1. The molecule has 2 atom stereocenters. The van der Waals surface area contributed by atoms with Crippen molar-refractivity contribution in [3.05, 3.63) is 0 Å². The Bertz CT molecular complexity index is 262. The number of hydrogen-bond donors (Lipinski definition) is 1. The second-order valence-corrected chi connectivity index (χ2v) is 5.22. The Morgan fingerprint density at radius 1 is 1.62 bits per heavy atom. The number of ether oxygens (including phenoxy) is 1. The number of rotatable bonds is 3. The number of hydrogen-bond acceptors (Lipinski definition) is 3. The molecular weight excluding hydrogens is 204 g/mol. The molecule has 92 valence electrons. The first kappa shape index (κ1) is 11.9. The normalized spacial score (nSPS) is 34.6. The lowest BCUT2D eigenvalue weighted by atomic mass is 9.98. The molecule has 1 N–H and O–H groups in total. The molecule has 0 aliphatic carbocycles. The summed E-state index contributed by atoms with van der Waals surface area (Å²) in [5, 5.41) is 3.33. The third-order valence-electron chi connectivity index (χ3n) is 3.82. The molecule has 2 aliphatic rings. The fraction of sp³-hybridized carbons (Fsp3) is 0.917. The minimum absolute atomic E-state index is 0.281. The predicted octanol–water partition coefficient (Wildman–Crippen LogP) is 0.623. The number of nitrogens with zero attached hydrogens (tertiary/aromatic N) is 1. The van der Waals surface area contributed by atoms with E-state index in [-0.39, 0.29) is 11.4 Å². The Morgan fingerprint density at radius 2 is 2.44 bits per heavy atom. The molecule has 2 unspecified atom stereocenters. The summed E-state index contributed by atoms with van der Waals surface area (Å²) in [4.78, 5) is 14.3. The molecule has 2 fully saturated rings. The fourth-order valence-electron chi connectivity index (χ4n) is 2.81. The maximum atomic E-state index is 12.3. The Hall–Kier alpha value is -0.610. The van der Waals surface area contributed by atoms with Gasteiger partial charge in [0.15, 0.2) is 0 Å². The number of carbonyl (C=O) groups is 1. The van der Waals surface area contributed by atoms with E-state index >= 15 is 0 Å². The van der Waals surface area contributed by atoms with Crippen molar-refractivity contribution in [1.29, 1.82) is 0 Å². The summed E-state index contributed by atoms with van der Waals surface area (Å²) in [6, 6.07) is 0. The van der Waals surface area contributed by atoms with Gasteiger partial charge >= 0.3 is 0 Å². The molecule has 2 aliphatic heterocycles. The summed E-state index contributed by atoms with van der Waals surface area (Å²) >= 11 is 0. The molecule has 2 saturated heterocycles. The Balaban J connectivity index is 1.91. The molecule has 16 heavy (non-hydrogen) atoms. The van der Waals surface area contributed by atoms with Gasteiger partial charge < -0.3 is 15.0 Å². The van der Waals surface area contributed by atoms with E-state index in [2.05, 4.69) is 5.32 Å². The lowest BCUT2D eigenvalue weighted by molar-refractivity contribution is -0.136. The van der Waals surface area contributed by atoms with E-state index in [1.54, 1.807) is 7.11 Å². The third kappa shape index (κ3) is 2.23. The van der Waals surface area contributed by atoms with Crippen molar-refractivity contribution in [2.75, 3.05) is 33.4 Å². The molecule has 0 aromatic carbocycles. The first-order valence-electron chi connectivity index (χ1n) is 6.19. The van der Waals surface area contributed by atoms with E-state index in [0.29, 0.717) is 5.92 Å². The van der Waals surface area contributed by atoms with E-state index in [1.807, 2.05) is 11.8 Å². The molecule has 4 heteroatoms. The summed E-state index contributed by atoms with van der Waals surface area (Å²) in [5.41, 5.74) is -0.304. The van der Waals surface area contributed by atoms with Crippen LogP contribution in [0.25, 0.3) is 0 Å². The van der Waals surface area contributed by atoms with Crippen molar-refractivity contribution in [1.82, 2.24) is 10.2 Å². The molecule has 1 amide bonds. The van der Waals surface area contributed by atoms with E-state index in [9.17, 15) is 4.79 Å². The Labute approximate surface area is 97.3 Å². The van der Waals surface area contributed by atoms with Crippen LogP contribution in [0.4, 0.5) is 0 Å². The van der Waals surface area contributed by atoms with Crippen LogP contribution in [0.15, 0.2) is 0 Å². The monoisotopic (exact) mass is 226 g/mol. The number of likely N-dealkylation sites (tertiary alicyclic amines) is 1. The number of methoxy groups -OCH3 is 1. The highest BCUT2D eigenvalue weighted by Gasteiger charge is 2.40. The topological polar surface area (TPSA) is 41.6 Å². The molecule has 0 bridgehead atoms. The molecule has 0 spiro atoms. The van der Waals surface area contributed by atoms with Gasteiger partial charge in [0.25, 0.3) is 0 Å². The Morgan fingerprint density at radius 3 is 3.06 bits per heavy atom. The minimum atomic E-state index is -0.304. The van der Waals surface area contributed by atoms with Crippen molar-refractivity contribution >= 4 is 5.91 Å². The van der Waals surface area contributed by atoms with Crippen LogP contribution < -0.4 is 5.32 Å². The van der Waals surface area contributed by atoms with Crippen LogP contribution in [0.5, 0.6) is 0 Å². The van der Waals surface area contributed by atoms with E-state index in [4.69, 9.17) is 4.74 Å². The van der Waals surface area contributed by atoms with Gasteiger partial charge in [0, 0.05) is 26.1 Å². The number of nitrogens with one attached hydrogen (secondary N) is 1. The van der Waals surface area contributed by atoms with Gasteiger partial charge in [-0.05, 0) is 32.7 Å². The van der Waals surface area contributed by atoms with Crippen LogP contribution in [-0.2, 0) is 9.53 Å². The van der Waals surface area contributed by atoms with Gasteiger partial charge in [0.05, 0.1) is 12.1 Å². The van der Waals surface area contributed by atoms with Crippen molar-refractivity contribution in [2.24, 2.45) is 5.92 Å². The maximum absolute atomic E-state index is 12.3. The first-order valence-corrected chi connectivity index (χ1v) is 6.19. The van der Waals surface area contributed by atoms with Crippen molar-refractivity contribution in [3.63, 3.8) is 0 Å². The lowest BCUT2D eigenvalue weighted by Gasteiger charge is -2.29. The molecular formula is C12H22N2O2.